The molecule has 12 heteroatoms. The van der Waals surface area contributed by atoms with E-state index in [1.165, 1.54) is 7.11 Å². The molecule has 178 valence electrons. The molecular weight excluding hydrogens is 545 g/mol. The molecule has 1 aliphatic heterocycles. The maximum Gasteiger partial charge on any atom is 0.240 e. The number of ether oxygens (including phenoxy) is 1. The first-order valence-electron chi connectivity index (χ1n) is 10.5. The van der Waals surface area contributed by atoms with Crippen LogP contribution in [0.25, 0.3) is 0 Å². The zero-order chi connectivity index (χ0) is 22.3. The molecule has 32 heavy (non-hydrogen) atoms. The maximum absolute atomic E-state index is 12.4. The van der Waals surface area contributed by atoms with Gasteiger partial charge >= 0.3 is 0 Å². The number of aryl methyl sites for hydroxylation is 2. The van der Waals surface area contributed by atoms with Gasteiger partial charge in [0.1, 0.15) is 11.6 Å². The lowest BCUT2D eigenvalue weighted by Gasteiger charge is -2.25. The van der Waals surface area contributed by atoms with Crippen LogP contribution in [-0.2, 0) is 27.8 Å². The van der Waals surface area contributed by atoms with Gasteiger partial charge in [-0.2, -0.15) is 5.10 Å². The number of aromatic nitrogens is 3. The highest BCUT2D eigenvalue weighted by Crippen LogP contribution is 2.22. The first kappa shape index (κ1) is 26.5. The number of aliphatic imine (C=N–C) groups is 1. The monoisotopic (exact) mass is 577 g/mol. The summed E-state index contributed by atoms with van der Waals surface area (Å²) in [6, 6.07) is 6.83. The fourth-order valence-corrected chi connectivity index (χ4v) is 4.52. The third kappa shape index (κ3) is 7.12. The predicted molar refractivity (Wildman–Crippen MR) is 134 cm³/mol. The summed E-state index contributed by atoms with van der Waals surface area (Å²) in [5.74, 6) is 2.35. The molecule has 0 aliphatic carbocycles. The van der Waals surface area contributed by atoms with Crippen LogP contribution in [0, 0.1) is 6.92 Å². The highest BCUT2D eigenvalue weighted by Gasteiger charge is 2.24. The van der Waals surface area contributed by atoms with E-state index >= 15 is 0 Å². The quantitative estimate of drug-likeness (QED) is 0.180. The van der Waals surface area contributed by atoms with Crippen molar-refractivity contribution in [2.75, 3.05) is 26.8 Å². The summed E-state index contributed by atoms with van der Waals surface area (Å²) in [7, 11) is -2.06. The Balaban J connectivity index is 0.00000363. The van der Waals surface area contributed by atoms with E-state index in [-0.39, 0.29) is 41.5 Å². The van der Waals surface area contributed by atoms with Crippen LogP contribution in [0.3, 0.4) is 0 Å². The molecule has 10 nitrogen and oxygen atoms in total. The Hall–Kier alpha value is -1.77. The first-order chi connectivity index (χ1) is 14.9. The molecule has 0 amide bonds. The minimum atomic E-state index is -3.59. The third-order valence-corrected chi connectivity index (χ3v) is 6.32. The van der Waals surface area contributed by atoms with Crippen molar-refractivity contribution in [1.29, 1.82) is 0 Å². The van der Waals surface area contributed by atoms with E-state index in [0.29, 0.717) is 25.7 Å². The van der Waals surface area contributed by atoms with Gasteiger partial charge in [-0.3, -0.25) is 0 Å². The second-order valence-corrected chi connectivity index (χ2v) is 9.08. The number of methoxy groups -OCH3 is 1. The van der Waals surface area contributed by atoms with Gasteiger partial charge in [-0.15, -0.1) is 24.0 Å². The highest BCUT2D eigenvalue weighted by atomic mass is 127. The van der Waals surface area contributed by atoms with Crippen LogP contribution in [0.5, 0.6) is 0 Å². The van der Waals surface area contributed by atoms with Crippen molar-refractivity contribution in [3.05, 3.63) is 41.5 Å². The predicted octanol–water partition coefficient (Wildman–Crippen LogP) is 1.72. The molecule has 0 saturated heterocycles. The molecule has 3 N–H and O–H groups in total. The minimum absolute atomic E-state index is 0. The number of rotatable bonds is 9. The number of fused-ring (bicyclic) bond motifs is 1. The third-order valence-electron chi connectivity index (χ3n) is 4.86. The second-order valence-electron chi connectivity index (χ2n) is 7.31. The van der Waals surface area contributed by atoms with Crippen LogP contribution >= 0.6 is 24.0 Å². The molecule has 1 aromatic carbocycles. The number of nitrogens with zero attached hydrogens (tertiary/aromatic N) is 4. The minimum Gasteiger partial charge on any atom is -0.383 e. The van der Waals surface area contributed by atoms with E-state index in [2.05, 4.69) is 30.4 Å². The number of halogens is 1. The smallest absolute Gasteiger partial charge is 0.240 e. The van der Waals surface area contributed by atoms with Crippen molar-refractivity contribution < 1.29 is 13.2 Å². The van der Waals surface area contributed by atoms with E-state index in [9.17, 15) is 8.42 Å². The van der Waals surface area contributed by atoms with Crippen LogP contribution < -0.4 is 15.4 Å². The topological polar surface area (TPSA) is 123 Å². The van der Waals surface area contributed by atoms with E-state index in [4.69, 9.17) is 4.74 Å². The molecule has 1 unspecified atom stereocenters. The van der Waals surface area contributed by atoms with Crippen molar-refractivity contribution in [3.63, 3.8) is 0 Å². The Kier molecular flexibility index (Phi) is 10.3. The summed E-state index contributed by atoms with van der Waals surface area (Å²) in [6.45, 7) is 6.37. The lowest BCUT2D eigenvalue weighted by Crippen LogP contribution is -2.41. The number of sulfonamides is 1. The van der Waals surface area contributed by atoms with Gasteiger partial charge in [0, 0.05) is 26.7 Å². The Morgan fingerprint density at radius 2 is 2.19 bits per heavy atom. The summed E-state index contributed by atoms with van der Waals surface area (Å²) < 4.78 is 34.3. The average Bonchev–Trinajstić information content (AvgIpc) is 3.14. The Bertz CT molecular complexity index is 1010. The summed E-state index contributed by atoms with van der Waals surface area (Å²) in [4.78, 5) is 9.43. The number of benzene rings is 1. The van der Waals surface area contributed by atoms with Gasteiger partial charge in [-0.25, -0.2) is 27.8 Å². The molecule has 0 saturated carbocycles. The standard InChI is InChI=1S/C20H31N7O3S.HI/c1-4-21-20(25-18-9-6-11-27-19(18)24-15(2)26-27)22-14-16-7-5-8-17(13-16)31(28,29)23-10-12-30-3;/h5,7-8,13,18,23H,4,6,9-12,14H2,1-3H3,(H2,21,22,25);1H. The van der Waals surface area contributed by atoms with Crippen molar-refractivity contribution in [3.8, 4) is 0 Å². The maximum atomic E-state index is 12.4. The lowest BCUT2D eigenvalue weighted by molar-refractivity contribution is 0.204. The second kappa shape index (κ2) is 12.5. The average molecular weight is 577 g/mol. The zero-order valence-electron chi connectivity index (χ0n) is 18.7. The SMILES string of the molecule is CCNC(=NCc1cccc(S(=O)(=O)NCCOC)c1)NC1CCCn2nc(C)nc21.I. The van der Waals surface area contributed by atoms with Gasteiger partial charge in [-0.05, 0) is 44.4 Å². The molecular formula is C20H32IN7O3S. The Morgan fingerprint density at radius 1 is 1.38 bits per heavy atom. The van der Waals surface area contributed by atoms with E-state index in [1.54, 1.807) is 18.2 Å². The normalized spacial score (nSPS) is 16.2. The van der Waals surface area contributed by atoms with Crippen LogP contribution in [0.1, 0.15) is 43.0 Å². The van der Waals surface area contributed by atoms with Crippen molar-refractivity contribution in [1.82, 2.24) is 30.1 Å². The van der Waals surface area contributed by atoms with Gasteiger partial charge in [0.2, 0.25) is 10.0 Å². The van der Waals surface area contributed by atoms with Gasteiger partial charge in [0.05, 0.1) is 24.1 Å². The first-order valence-corrected chi connectivity index (χ1v) is 11.9. The Morgan fingerprint density at radius 3 is 2.94 bits per heavy atom. The largest absolute Gasteiger partial charge is 0.383 e. The highest BCUT2D eigenvalue weighted by molar-refractivity contribution is 14.0. The number of guanidine groups is 1. The van der Waals surface area contributed by atoms with E-state index in [1.807, 2.05) is 24.6 Å². The van der Waals surface area contributed by atoms with Crippen LogP contribution in [0.15, 0.2) is 34.2 Å². The summed E-state index contributed by atoms with van der Waals surface area (Å²) >= 11 is 0. The van der Waals surface area contributed by atoms with Crippen LogP contribution in [0.4, 0.5) is 0 Å². The molecule has 0 bridgehead atoms. The zero-order valence-corrected chi connectivity index (χ0v) is 21.8. The molecule has 2 aromatic rings. The van der Waals surface area contributed by atoms with Gasteiger partial charge in [-0.1, -0.05) is 12.1 Å². The van der Waals surface area contributed by atoms with Crippen LogP contribution in [-0.4, -0.2) is 55.9 Å². The summed E-state index contributed by atoms with van der Waals surface area (Å²) in [5, 5.41) is 11.1. The molecule has 1 atom stereocenters. The van der Waals surface area contributed by atoms with Crippen LogP contribution in [0.2, 0.25) is 0 Å². The van der Waals surface area contributed by atoms with Crippen molar-refractivity contribution >= 4 is 40.0 Å². The number of hydrogen-bond donors (Lipinski definition) is 3. The fraction of sp³-hybridized carbons (Fsp3) is 0.550. The molecule has 3 rings (SSSR count). The fourth-order valence-electron chi connectivity index (χ4n) is 3.43. The Labute approximate surface area is 206 Å². The van der Waals surface area contributed by atoms with Gasteiger partial charge < -0.3 is 15.4 Å². The van der Waals surface area contributed by atoms with Gasteiger partial charge in [0.15, 0.2) is 5.96 Å². The number of nitrogens with one attached hydrogen (secondary N) is 3. The summed E-state index contributed by atoms with van der Waals surface area (Å²) in [5.41, 5.74) is 0.800. The van der Waals surface area contributed by atoms with Gasteiger partial charge in [0.25, 0.3) is 0 Å². The number of hydrogen-bond acceptors (Lipinski definition) is 6. The van der Waals surface area contributed by atoms with Crippen molar-refractivity contribution in [2.45, 2.75) is 50.7 Å². The van der Waals surface area contributed by atoms with E-state index in [0.717, 1.165) is 36.6 Å². The summed E-state index contributed by atoms with van der Waals surface area (Å²) in [6.07, 6.45) is 1.96. The lowest BCUT2D eigenvalue weighted by atomic mass is 10.1. The molecule has 1 aromatic heterocycles. The molecule has 0 radical (unpaired) electrons. The van der Waals surface area contributed by atoms with Crippen molar-refractivity contribution in [2.24, 2.45) is 4.99 Å². The van der Waals surface area contributed by atoms with E-state index < -0.39 is 10.0 Å². The molecule has 2 heterocycles. The molecule has 0 spiro atoms. The molecule has 0 fully saturated rings. The molecule has 1 aliphatic rings.